The molecule has 0 aromatic heterocycles. The smallest absolute Gasteiger partial charge is 0.273 e. The van der Waals surface area contributed by atoms with Crippen LogP contribution in [0.25, 0.3) is 0 Å². The predicted molar refractivity (Wildman–Crippen MR) is 79.3 cm³/mol. The minimum absolute atomic E-state index is 0.0513. The summed E-state index contributed by atoms with van der Waals surface area (Å²) in [5, 5.41) is 23.4. The van der Waals surface area contributed by atoms with Crippen LogP contribution in [0.4, 0.5) is 17.1 Å². The van der Waals surface area contributed by atoms with E-state index in [2.05, 4.69) is 10.2 Å². The Morgan fingerprint density at radius 2 is 2.20 bits per heavy atom. The van der Waals surface area contributed by atoms with E-state index in [1.54, 1.807) is 12.1 Å². The molecule has 2 rings (SSSR count). The third-order valence-corrected chi connectivity index (χ3v) is 3.68. The quantitative estimate of drug-likeness (QED) is 0.592. The van der Waals surface area contributed by atoms with E-state index in [9.17, 15) is 15.2 Å². The fourth-order valence-electron chi connectivity index (χ4n) is 2.50. The van der Waals surface area contributed by atoms with E-state index in [-0.39, 0.29) is 17.2 Å². The summed E-state index contributed by atoms with van der Waals surface area (Å²) < 4.78 is 0. The van der Waals surface area contributed by atoms with Gasteiger partial charge in [-0.1, -0.05) is 0 Å². The lowest BCUT2D eigenvalue weighted by molar-refractivity contribution is -0.384. The van der Waals surface area contributed by atoms with E-state index in [1.165, 1.54) is 6.42 Å². The van der Waals surface area contributed by atoms with Crippen LogP contribution in [0.1, 0.15) is 26.2 Å². The number of benzene rings is 1. The van der Waals surface area contributed by atoms with Crippen molar-refractivity contribution in [1.82, 2.24) is 0 Å². The van der Waals surface area contributed by atoms with Gasteiger partial charge in [0.15, 0.2) is 0 Å². The predicted octanol–water partition coefficient (Wildman–Crippen LogP) is 2.38. The highest BCUT2D eigenvalue weighted by atomic mass is 16.6. The van der Waals surface area contributed by atoms with Gasteiger partial charge in [0.1, 0.15) is 0 Å². The lowest BCUT2D eigenvalue weighted by Gasteiger charge is -2.39. The van der Waals surface area contributed by atoms with Crippen molar-refractivity contribution in [3.8, 4) is 0 Å². The highest BCUT2D eigenvalue weighted by Gasteiger charge is 2.26. The summed E-state index contributed by atoms with van der Waals surface area (Å²) in [6, 6.07) is 5.45. The number of nitrogens with one attached hydrogen (secondary N) is 1. The second kappa shape index (κ2) is 6.56. The lowest BCUT2D eigenvalue weighted by atomic mass is 9.91. The molecule has 1 aliphatic carbocycles. The molecule has 110 valence electrons. The van der Waals surface area contributed by atoms with E-state index in [0.29, 0.717) is 19.1 Å². The normalized spacial score (nSPS) is 14.7. The first-order valence-electron chi connectivity index (χ1n) is 7.06. The molecule has 1 aromatic carbocycles. The van der Waals surface area contributed by atoms with Crippen LogP contribution in [0.3, 0.4) is 0 Å². The molecule has 0 heterocycles. The van der Waals surface area contributed by atoms with Gasteiger partial charge < -0.3 is 15.3 Å². The van der Waals surface area contributed by atoms with Crippen LogP contribution in [-0.4, -0.2) is 35.8 Å². The second-order valence-electron chi connectivity index (χ2n) is 5.03. The fraction of sp³-hybridized carbons (Fsp3) is 0.571. The van der Waals surface area contributed by atoms with E-state index in [1.807, 2.05) is 13.0 Å². The van der Waals surface area contributed by atoms with Gasteiger partial charge in [-0.05, 0) is 32.3 Å². The SMILES string of the molecule is CCNc1cc(N(CCO)C2CCC2)cc([N+](=O)[O-])c1. The van der Waals surface area contributed by atoms with Gasteiger partial charge in [0.25, 0.3) is 5.69 Å². The molecule has 0 aliphatic heterocycles. The number of hydrogen-bond acceptors (Lipinski definition) is 5. The zero-order valence-electron chi connectivity index (χ0n) is 11.7. The highest BCUT2D eigenvalue weighted by Crippen LogP contribution is 2.33. The Kier molecular flexibility index (Phi) is 4.79. The Hall–Kier alpha value is -1.82. The number of aliphatic hydroxyl groups excluding tert-OH is 1. The molecule has 0 radical (unpaired) electrons. The average molecular weight is 279 g/mol. The van der Waals surface area contributed by atoms with Gasteiger partial charge >= 0.3 is 0 Å². The van der Waals surface area contributed by atoms with E-state index < -0.39 is 0 Å². The number of nitrogens with zero attached hydrogens (tertiary/aromatic N) is 2. The van der Waals surface area contributed by atoms with Gasteiger partial charge in [-0.25, -0.2) is 0 Å². The summed E-state index contributed by atoms with van der Waals surface area (Å²) in [6.45, 7) is 3.23. The molecule has 6 nitrogen and oxygen atoms in total. The molecule has 0 atom stereocenters. The topological polar surface area (TPSA) is 78.6 Å². The molecule has 1 aliphatic rings. The molecule has 0 spiro atoms. The van der Waals surface area contributed by atoms with Crippen molar-refractivity contribution in [2.24, 2.45) is 0 Å². The maximum Gasteiger partial charge on any atom is 0.273 e. The van der Waals surface area contributed by atoms with Crippen LogP contribution in [0, 0.1) is 10.1 Å². The van der Waals surface area contributed by atoms with Crippen molar-refractivity contribution >= 4 is 17.1 Å². The molecule has 1 saturated carbocycles. The van der Waals surface area contributed by atoms with E-state index >= 15 is 0 Å². The van der Waals surface area contributed by atoms with Crippen molar-refractivity contribution in [3.05, 3.63) is 28.3 Å². The summed E-state index contributed by atoms with van der Waals surface area (Å²) >= 11 is 0. The third kappa shape index (κ3) is 3.19. The Labute approximate surface area is 118 Å². The van der Waals surface area contributed by atoms with Crippen molar-refractivity contribution in [1.29, 1.82) is 0 Å². The van der Waals surface area contributed by atoms with Gasteiger partial charge in [0.05, 0.1) is 11.5 Å². The van der Waals surface area contributed by atoms with Crippen LogP contribution in [0.5, 0.6) is 0 Å². The van der Waals surface area contributed by atoms with Crippen LogP contribution in [0.15, 0.2) is 18.2 Å². The van der Waals surface area contributed by atoms with Crippen molar-refractivity contribution in [2.45, 2.75) is 32.2 Å². The molecule has 0 bridgehead atoms. The standard InChI is InChI=1S/C14H21N3O3/c1-2-15-11-8-13(10-14(9-11)17(19)20)16(6-7-18)12-4-3-5-12/h8-10,12,15,18H,2-7H2,1H3. The zero-order chi connectivity index (χ0) is 14.5. The molecule has 20 heavy (non-hydrogen) atoms. The fourth-order valence-corrected chi connectivity index (χ4v) is 2.50. The maximum atomic E-state index is 11.1. The minimum Gasteiger partial charge on any atom is -0.395 e. The summed E-state index contributed by atoms with van der Waals surface area (Å²) in [7, 11) is 0. The summed E-state index contributed by atoms with van der Waals surface area (Å²) in [4.78, 5) is 12.8. The minimum atomic E-state index is -0.373. The summed E-state index contributed by atoms with van der Waals surface area (Å²) in [6.07, 6.45) is 3.35. The first-order valence-corrected chi connectivity index (χ1v) is 7.06. The molecular weight excluding hydrogens is 258 g/mol. The van der Waals surface area contributed by atoms with Gasteiger partial charge in [-0.15, -0.1) is 0 Å². The maximum absolute atomic E-state index is 11.1. The molecule has 0 unspecified atom stereocenters. The Morgan fingerprint density at radius 3 is 2.70 bits per heavy atom. The van der Waals surface area contributed by atoms with E-state index in [0.717, 1.165) is 24.2 Å². The van der Waals surface area contributed by atoms with Crippen molar-refractivity contribution in [3.63, 3.8) is 0 Å². The van der Waals surface area contributed by atoms with E-state index in [4.69, 9.17) is 0 Å². The van der Waals surface area contributed by atoms with Crippen LogP contribution in [-0.2, 0) is 0 Å². The van der Waals surface area contributed by atoms with Crippen LogP contribution in [0.2, 0.25) is 0 Å². The number of nitro benzene ring substituents is 1. The lowest BCUT2D eigenvalue weighted by Crippen LogP contribution is -2.42. The Bertz CT molecular complexity index is 475. The largest absolute Gasteiger partial charge is 0.395 e. The van der Waals surface area contributed by atoms with Crippen LogP contribution < -0.4 is 10.2 Å². The molecule has 6 heteroatoms. The van der Waals surface area contributed by atoms with Gasteiger partial charge in [0, 0.05) is 42.6 Å². The summed E-state index contributed by atoms with van der Waals surface area (Å²) in [5.74, 6) is 0. The summed E-state index contributed by atoms with van der Waals surface area (Å²) in [5.41, 5.74) is 1.65. The Morgan fingerprint density at radius 1 is 1.45 bits per heavy atom. The second-order valence-corrected chi connectivity index (χ2v) is 5.03. The molecular formula is C14H21N3O3. The highest BCUT2D eigenvalue weighted by molar-refractivity contribution is 5.65. The van der Waals surface area contributed by atoms with Gasteiger partial charge in [-0.2, -0.15) is 0 Å². The van der Waals surface area contributed by atoms with Crippen molar-refractivity contribution < 1.29 is 10.0 Å². The first-order chi connectivity index (χ1) is 9.65. The van der Waals surface area contributed by atoms with Gasteiger partial charge in [0.2, 0.25) is 0 Å². The average Bonchev–Trinajstić information content (AvgIpc) is 2.36. The molecule has 0 saturated heterocycles. The number of hydrogen-bond donors (Lipinski definition) is 2. The number of aliphatic hydroxyl groups is 1. The van der Waals surface area contributed by atoms with Crippen LogP contribution >= 0.6 is 0 Å². The van der Waals surface area contributed by atoms with Gasteiger partial charge in [-0.3, -0.25) is 10.1 Å². The number of nitro groups is 1. The Balaban J connectivity index is 2.33. The molecule has 1 fully saturated rings. The third-order valence-electron chi connectivity index (χ3n) is 3.68. The van der Waals surface area contributed by atoms with Crippen molar-refractivity contribution in [2.75, 3.05) is 29.9 Å². The number of rotatable bonds is 7. The first kappa shape index (κ1) is 14.6. The molecule has 1 aromatic rings. The molecule has 0 amide bonds. The zero-order valence-corrected chi connectivity index (χ0v) is 11.7. The number of non-ortho nitro benzene ring substituents is 1. The number of anilines is 2. The monoisotopic (exact) mass is 279 g/mol. The molecule has 2 N–H and O–H groups in total.